The second-order valence-electron chi connectivity index (χ2n) is 1.52. The molecule has 0 saturated heterocycles. The third-order valence-corrected chi connectivity index (χ3v) is 0.882. The van der Waals surface area contributed by atoms with E-state index in [0.717, 1.165) is 6.42 Å². The largest absolute Gasteiger partial charge is 0.305 e. The first-order chi connectivity index (χ1) is 4.39. The number of hydrogen-bond donors (Lipinski definition) is 1. The maximum atomic E-state index is 7.05. The van der Waals surface area contributed by atoms with Crippen LogP contribution in [-0.2, 0) is 0 Å². The lowest BCUT2D eigenvalue weighted by molar-refractivity contribution is 1.37. The van der Waals surface area contributed by atoms with Crippen LogP contribution in [0.25, 0.3) is 0 Å². The van der Waals surface area contributed by atoms with Gasteiger partial charge >= 0.3 is 0 Å². The molecular formula is C8H13N. The van der Waals surface area contributed by atoms with Gasteiger partial charge < -0.3 is 5.41 Å². The monoisotopic (exact) mass is 123 g/mol. The Kier molecular flexibility index (Phi) is 4.79. The van der Waals surface area contributed by atoms with Crippen LogP contribution < -0.4 is 0 Å². The van der Waals surface area contributed by atoms with Gasteiger partial charge in [0.2, 0.25) is 0 Å². The molecule has 0 aromatic heterocycles. The summed E-state index contributed by atoms with van der Waals surface area (Å²) in [6, 6.07) is 0. The Morgan fingerprint density at radius 3 is 2.22 bits per heavy atom. The van der Waals surface area contributed by atoms with Gasteiger partial charge in [0, 0.05) is 12.1 Å². The third-order valence-electron chi connectivity index (χ3n) is 0.882. The van der Waals surface area contributed by atoms with E-state index >= 15 is 0 Å². The van der Waals surface area contributed by atoms with E-state index in [9.17, 15) is 0 Å². The van der Waals surface area contributed by atoms with E-state index < -0.39 is 0 Å². The minimum atomic E-state index is 0.697. The lowest BCUT2D eigenvalue weighted by atomic mass is 10.2. The Balaban J connectivity index is 0.000000291. The summed E-state index contributed by atoms with van der Waals surface area (Å²) in [4.78, 5) is 0. The molecule has 1 heteroatoms. The molecule has 0 radical (unpaired) electrons. The molecule has 0 saturated carbocycles. The fourth-order valence-electron chi connectivity index (χ4n) is 0.513. The first-order valence-electron chi connectivity index (χ1n) is 3.30. The molecule has 1 aliphatic carbocycles. The fraction of sp³-hybridized carbons (Fsp3) is 0.375. The van der Waals surface area contributed by atoms with Crippen LogP contribution in [0.5, 0.6) is 0 Å². The Bertz CT molecular complexity index is 132. The van der Waals surface area contributed by atoms with Crippen LogP contribution in [0.1, 0.15) is 20.3 Å². The number of allylic oxidation sites excluding steroid dienone is 4. The van der Waals surface area contributed by atoms with E-state index in [-0.39, 0.29) is 0 Å². The summed E-state index contributed by atoms with van der Waals surface area (Å²) < 4.78 is 0. The van der Waals surface area contributed by atoms with Gasteiger partial charge in [0.1, 0.15) is 0 Å². The number of hydrogen-bond acceptors (Lipinski definition) is 1. The zero-order chi connectivity index (χ0) is 7.11. The summed E-state index contributed by atoms with van der Waals surface area (Å²) in [5, 5.41) is 7.05. The van der Waals surface area contributed by atoms with Crippen LogP contribution in [-0.4, -0.2) is 5.71 Å². The van der Waals surface area contributed by atoms with Gasteiger partial charge in [-0.25, -0.2) is 0 Å². The molecule has 1 aliphatic rings. The molecule has 0 aromatic carbocycles. The van der Waals surface area contributed by atoms with Gasteiger partial charge in [0.05, 0.1) is 0 Å². The highest BCUT2D eigenvalue weighted by molar-refractivity contribution is 5.94. The minimum Gasteiger partial charge on any atom is -0.305 e. The topological polar surface area (TPSA) is 23.9 Å². The summed E-state index contributed by atoms with van der Waals surface area (Å²) >= 11 is 0. The van der Waals surface area contributed by atoms with Gasteiger partial charge in [-0.15, -0.1) is 0 Å². The second-order valence-corrected chi connectivity index (χ2v) is 1.52. The molecule has 1 rings (SSSR count). The van der Waals surface area contributed by atoms with Crippen molar-refractivity contribution >= 4 is 5.71 Å². The molecule has 0 aromatic rings. The number of rotatable bonds is 0. The van der Waals surface area contributed by atoms with Gasteiger partial charge in [0.15, 0.2) is 0 Å². The van der Waals surface area contributed by atoms with Crippen molar-refractivity contribution in [2.75, 3.05) is 0 Å². The van der Waals surface area contributed by atoms with Gasteiger partial charge in [0.25, 0.3) is 0 Å². The standard InChI is InChI=1S/C6H7N.C2H6/c7-6-4-2-1-3-5-6;1-2/h1-4,7H,5H2;1-2H3. The van der Waals surface area contributed by atoms with Crippen molar-refractivity contribution in [2.45, 2.75) is 20.3 Å². The Morgan fingerprint density at radius 2 is 2.00 bits per heavy atom. The molecule has 50 valence electrons. The normalized spacial score (nSPS) is 14.7. The molecule has 9 heavy (non-hydrogen) atoms. The number of nitrogens with one attached hydrogen (secondary N) is 1. The summed E-state index contributed by atoms with van der Waals surface area (Å²) in [7, 11) is 0. The predicted molar refractivity (Wildman–Crippen MR) is 42.0 cm³/mol. The zero-order valence-corrected chi connectivity index (χ0v) is 6.02. The quantitative estimate of drug-likeness (QED) is 0.512. The summed E-state index contributed by atoms with van der Waals surface area (Å²) in [6.07, 6.45) is 8.42. The van der Waals surface area contributed by atoms with E-state index in [1.165, 1.54) is 0 Å². The highest BCUT2D eigenvalue weighted by Crippen LogP contribution is 1.94. The van der Waals surface area contributed by atoms with Crippen LogP contribution in [0.15, 0.2) is 24.3 Å². The SMILES string of the molecule is CC.N=C1C=CC=CC1. The maximum Gasteiger partial charge on any atom is 0.0351 e. The molecule has 1 nitrogen and oxygen atoms in total. The molecule has 0 fully saturated rings. The van der Waals surface area contributed by atoms with E-state index in [4.69, 9.17) is 5.41 Å². The van der Waals surface area contributed by atoms with Crippen LogP contribution >= 0.6 is 0 Å². The first kappa shape index (κ1) is 8.15. The Morgan fingerprint density at radius 1 is 1.33 bits per heavy atom. The molecule has 0 amide bonds. The van der Waals surface area contributed by atoms with Crippen molar-refractivity contribution in [1.82, 2.24) is 0 Å². The summed E-state index contributed by atoms with van der Waals surface area (Å²) in [5.41, 5.74) is 0.697. The fourth-order valence-corrected chi connectivity index (χ4v) is 0.513. The van der Waals surface area contributed by atoms with Crippen molar-refractivity contribution in [3.05, 3.63) is 24.3 Å². The average molecular weight is 123 g/mol. The summed E-state index contributed by atoms with van der Waals surface area (Å²) in [6.45, 7) is 4.00. The van der Waals surface area contributed by atoms with E-state index in [0.29, 0.717) is 5.71 Å². The van der Waals surface area contributed by atoms with Crippen LogP contribution in [0.3, 0.4) is 0 Å². The third kappa shape index (κ3) is 3.71. The highest BCUT2D eigenvalue weighted by atomic mass is 14.4. The molecule has 0 heterocycles. The second kappa shape index (κ2) is 5.29. The van der Waals surface area contributed by atoms with Gasteiger partial charge in [-0.05, 0) is 6.08 Å². The molecular weight excluding hydrogens is 110 g/mol. The molecule has 0 bridgehead atoms. The highest BCUT2D eigenvalue weighted by Gasteiger charge is 1.87. The van der Waals surface area contributed by atoms with E-state index in [1.807, 2.05) is 32.1 Å². The Labute approximate surface area is 56.6 Å². The first-order valence-corrected chi connectivity index (χ1v) is 3.30. The predicted octanol–water partition coefficient (Wildman–Crippen LogP) is 2.55. The molecule has 0 atom stereocenters. The van der Waals surface area contributed by atoms with E-state index in [2.05, 4.69) is 0 Å². The Hall–Kier alpha value is -0.850. The van der Waals surface area contributed by atoms with Crippen LogP contribution in [0.2, 0.25) is 0 Å². The van der Waals surface area contributed by atoms with Crippen molar-refractivity contribution in [3.63, 3.8) is 0 Å². The minimum absolute atomic E-state index is 0.697. The maximum absolute atomic E-state index is 7.05. The zero-order valence-electron chi connectivity index (χ0n) is 6.02. The van der Waals surface area contributed by atoms with Gasteiger partial charge in [-0.2, -0.15) is 0 Å². The van der Waals surface area contributed by atoms with Crippen LogP contribution in [0.4, 0.5) is 0 Å². The van der Waals surface area contributed by atoms with E-state index in [1.54, 1.807) is 6.08 Å². The summed E-state index contributed by atoms with van der Waals surface area (Å²) in [5.74, 6) is 0. The molecule has 1 N–H and O–H groups in total. The molecule has 0 spiro atoms. The molecule has 0 unspecified atom stereocenters. The van der Waals surface area contributed by atoms with Crippen molar-refractivity contribution in [3.8, 4) is 0 Å². The smallest absolute Gasteiger partial charge is 0.0351 e. The lowest BCUT2D eigenvalue weighted by Crippen LogP contribution is -1.89. The van der Waals surface area contributed by atoms with Gasteiger partial charge in [-0.1, -0.05) is 32.1 Å². The van der Waals surface area contributed by atoms with Crippen molar-refractivity contribution < 1.29 is 0 Å². The van der Waals surface area contributed by atoms with Crippen molar-refractivity contribution in [2.24, 2.45) is 0 Å². The van der Waals surface area contributed by atoms with Gasteiger partial charge in [-0.3, -0.25) is 0 Å². The molecule has 0 aliphatic heterocycles. The van der Waals surface area contributed by atoms with Crippen LogP contribution in [0, 0.1) is 5.41 Å². The average Bonchev–Trinajstić information content (AvgIpc) is 1.94. The lowest BCUT2D eigenvalue weighted by Gasteiger charge is -1.92. The van der Waals surface area contributed by atoms with Crippen molar-refractivity contribution in [1.29, 1.82) is 5.41 Å².